The van der Waals surface area contributed by atoms with Crippen molar-refractivity contribution in [2.45, 2.75) is 19.8 Å². The summed E-state index contributed by atoms with van der Waals surface area (Å²) in [5, 5.41) is 0. The second-order valence-corrected chi connectivity index (χ2v) is 4.75. The molecule has 1 aliphatic carbocycles. The molecular weight excluding hydrogens is 227 g/mol. The zero-order valence-electron chi connectivity index (χ0n) is 10.2. The molecule has 0 atom stereocenters. The second kappa shape index (κ2) is 4.05. The molecule has 18 heavy (non-hydrogen) atoms. The minimum absolute atomic E-state index is 0.215. The molecule has 2 heteroatoms. The summed E-state index contributed by atoms with van der Waals surface area (Å²) in [6, 6.07) is 10.6. The second-order valence-electron chi connectivity index (χ2n) is 4.75. The van der Waals surface area contributed by atoms with Gasteiger partial charge < -0.3 is 0 Å². The van der Waals surface area contributed by atoms with E-state index in [0.29, 0.717) is 6.42 Å². The summed E-state index contributed by atoms with van der Waals surface area (Å²) in [5.41, 5.74) is 4.84. The van der Waals surface area contributed by atoms with E-state index in [1.54, 1.807) is 12.1 Å². The largest absolute Gasteiger partial charge is 0.294 e. The minimum Gasteiger partial charge on any atom is -0.294 e. The maximum absolute atomic E-state index is 13.3. The first-order valence-corrected chi connectivity index (χ1v) is 6.08. The number of hydrogen-bond acceptors (Lipinski definition) is 1. The van der Waals surface area contributed by atoms with Gasteiger partial charge >= 0.3 is 0 Å². The lowest BCUT2D eigenvalue weighted by Crippen LogP contribution is -1.92. The highest BCUT2D eigenvalue weighted by Gasteiger charge is 2.19. The van der Waals surface area contributed by atoms with E-state index in [9.17, 15) is 9.18 Å². The van der Waals surface area contributed by atoms with Crippen LogP contribution in [0.25, 0.3) is 11.1 Å². The highest BCUT2D eigenvalue weighted by molar-refractivity contribution is 6.01. The molecule has 0 saturated heterocycles. The Morgan fingerprint density at radius 1 is 1.00 bits per heavy atom. The number of halogens is 1. The molecule has 2 aromatic rings. The van der Waals surface area contributed by atoms with Gasteiger partial charge in [-0.15, -0.1) is 0 Å². The van der Waals surface area contributed by atoms with E-state index in [1.807, 2.05) is 25.1 Å². The SMILES string of the molecule is Cc1ccc(F)cc1-c1ccc2c(c1)CCC2=O. The third kappa shape index (κ3) is 1.74. The average molecular weight is 240 g/mol. The van der Waals surface area contributed by atoms with E-state index >= 15 is 0 Å². The van der Waals surface area contributed by atoms with Crippen molar-refractivity contribution >= 4 is 5.78 Å². The molecule has 2 aromatic carbocycles. The molecule has 90 valence electrons. The quantitative estimate of drug-likeness (QED) is 0.738. The van der Waals surface area contributed by atoms with Crippen LogP contribution in [0.4, 0.5) is 4.39 Å². The summed E-state index contributed by atoms with van der Waals surface area (Å²) < 4.78 is 13.3. The molecule has 0 radical (unpaired) electrons. The van der Waals surface area contributed by atoms with Crippen LogP contribution in [-0.2, 0) is 6.42 Å². The molecule has 0 bridgehead atoms. The van der Waals surface area contributed by atoms with Crippen LogP contribution >= 0.6 is 0 Å². The molecule has 0 unspecified atom stereocenters. The molecule has 0 saturated carbocycles. The Morgan fingerprint density at radius 3 is 2.67 bits per heavy atom. The van der Waals surface area contributed by atoms with Crippen LogP contribution in [-0.4, -0.2) is 5.78 Å². The normalized spacial score (nSPS) is 13.8. The van der Waals surface area contributed by atoms with Gasteiger partial charge in [-0.2, -0.15) is 0 Å². The van der Waals surface area contributed by atoms with E-state index in [0.717, 1.165) is 34.2 Å². The molecule has 0 amide bonds. The lowest BCUT2D eigenvalue weighted by atomic mass is 9.97. The molecule has 0 aliphatic heterocycles. The third-order valence-electron chi connectivity index (χ3n) is 3.54. The highest BCUT2D eigenvalue weighted by atomic mass is 19.1. The number of carbonyl (C=O) groups excluding carboxylic acids is 1. The summed E-state index contributed by atoms with van der Waals surface area (Å²) in [4.78, 5) is 11.6. The summed E-state index contributed by atoms with van der Waals surface area (Å²) >= 11 is 0. The zero-order chi connectivity index (χ0) is 12.7. The standard InChI is InChI=1S/C16H13FO/c1-10-2-5-13(17)9-15(10)12-3-6-14-11(8-12)4-7-16(14)18/h2-3,5-6,8-9H,4,7H2,1H3. The first kappa shape index (κ1) is 11.1. The van der Waals surface area contributed by atoms with Crippen LogP contribution in [0.5, 0.6) is 0 Å². The number of rotatable bonds is 1. The maximum atomic E-state index is 13.3. The number of carbonyl (C=O) groups is 1. The van der Waals surface area contributed by atoms with Gasteiger partial charge in [-0.25, -0.2) is 4.39 Å². The Morgan fingerprint density at radius 2 is 1.83 bits per heavy atom. The molecule has 1 nitrogen and oxygen atoms in total. The monoisotopic (exact) mass is 240 g/mol. The number of Topliss-reactive ketones (excluding diaryl/α,β-unsaturated/α-hetero) is 1. The Bertz CT molecular complexity index is 644. The van der Waals surface area contributed by atoms with Crippen LogP contribution in [0.15, 0.2) is 36.4 Å². The van der Waals surface area contributed by atoms with Gasteiger partial charge in [0.1, 0.15) is 5.82 Å². The minimum atomic E-state index is -0.229. The Labute approximate surface area is 105 Å². The van der Waals surface area contributed by atoms with Crippen molar-refractivity contribution < 1.29 is 9.18 Å². The highest BCUT2D eigenvalue weighted by Crippen LogP contribution is 2.30. The number of aryl methyl sites for hydroxylation is 2. The average Bonchev–Trinajstić information content (AvgIpc) is 2.74. The van der Waals surface area contributed by atoms with Gasteiger partial charge in [-0.05, 0) is 47.7 Å². The third-order valence-corrected chi connectivity index (χ3v) is 3.54. The van der Waals surface area contributed by atoms with Gasteiger partial charge in [-0.1, -0.05) is 24.3 Å². The summed E-state index contributed by atoms with van der Waals surface area (Å²) in [6.45, 7) is 1.97. The van der Waals surface area contributed by atoms with Crippen molar-refractivity contribution in [3.05, 3.63) is 58.9 Å². The lowest BCUT2D eigenvalue weighted by molar-refractivity contribution is 0.0994. The predicted octanol–water partition coefficient (Wildman–Crippen LogP) is 3.93. The van der Waals surface area contributed by atoms with Crippen LogP contribution < -0.4 is 0 Å². The van der Waals surface area contributed by atoms with Gasteiger partial charge in [0.2, 0.25) is 0 Å². The fraction of sp³-hybridized carbons (Fsp3) is 0.188. The molecule has 1 aliphatic rings. The smallest absolute Gasteiger partial charge is 0.163 e. The van der Waals surface area contributed by atoms with Gasteiger partial charge in [0.15, 0.2) is 5.78 Å². The van der Waals surface area contributed by atoms with Crippen molar-refractivity contribution in [1.29, 1.82) is 0 Å². The van der Waals surface area contributed by atoms with Gasteiger partial charge in [-0.3, -0.25) is 4.79 Å². The maximum Gasteiger partial charge on any atom is 0.163 e. The van der Waals surface area contributed by atoms with E-state index in [-0.39, 0.29) is 11.6 Å². The van der Waals surface area contributed by atoms with Crippen LogP contribution in [0, 0.1) is 12.7 Å². The first-order valence-electron chi connectivity index (χ1n) is 6.08. The predicted molar refractivity (Wildman–Crippen MR) is 69.2 cm³/mol. The van der Waals surface area contributed by atoms with Crippen molar-refractivity contribution in [3.8, 4) is 11.1 Å². The van der Waals surface area contributed by atoms with Gasteiger partial charge in [0.25, 0.3) is 0 Å². The molecule has 0 spiro atoms. The fourth-order valence-electron chi connectivity index (χ4n) is 2.53. The number of benzene rings is 2. The van der Waals surface area contributed by atoms with E-state index in [4.69, 9.17) is 0 Å². The van der Waals surface area contributed by atoms with E-state index < -0.39 is 0 Å². The van der Waals surface area contributed by atoms with Crippen molar-refractivity contribution in [3.63, 3.8) is 0 Å². The molecule has 3 rings (SSSR count). The van der Waals surface area contributed by atoms with Crippen LogP contribution in [0.3, 0.4) is 0 Å². The molecule has 0 aromatic heterocycles. The van der Waals surface area contributed by atoms with E-state index in [2.05, 4.69) is 0 Å². The Hall–Kier alpha value is -1.96. The first-order chi connectivity index (χ1) is 8.65. The lowest BCUT2D eigenvalue weighted by Gasteiger charge is -2.08. The molecule has 0 fully saturated rings. The Kier molecular flexibility index (Phi) is 2.51. The number of fused-ring (bicyclic) bond motifs is 1. The number of ketones is 1. The zero-order valence-corrected chi connectivity index (χ0v) is 10.2. The molecule has 0 N–H and O–H groups in total. The topological polar surface area (TPSA) is 17.1 Å². The van der Waals surface area contributed by atoms with Crippen molar-refractivity contribution in [1.82, 2.24) is 0 Å². The molecule has 0 heterocycles. The van der Waals surface area contributed by atoms with Gasteiger partial charge in [0, 0.05) is 12.0 Å². The Balaban J connectivity index is 2.13. The summed E-state index contributed by atoms with van der Waals surface area (Å²) in [7, 11) is 0. The molecular formula is C16H13FO. The summed E-state index contributed by atoms with van der Waals surface area (Å²) in [6.07, 6.45) is 1.40. The number of hydrogen-bond donors (Lipinski definition) is 0. The van der Waals surface area contributed by atoms with Crippen LogP contribution in [0.1, 0.15) is 27.9 Å². The van der Waals surface area contributed by atoms with E-state index in [1.165, 1.54) is 6.07 Å². The van der Waals surface area contributed by atoms with Crippen LogP contribution in [0.2, 0.25) is 0 Å². The summed E-state index contributed by atoms with van der Waals surface area (Å²) in [5.74, 6) is -0.0142. The van der Waals surface area contributed by atoms with Crippen molar-refractivity contribution in [2.24, 2.45) is 0 Å². The van der Waals surface area contributed by atoms with Gasteiger partial charge in [0.05, 0.1) is 0 Å². The fourth-order valence-corrected chi connectivity index (χ4v) is 2.53. The van der Waals surface area contributed by atoms with Crippen molar-refractivity contribution in [2.75, 3.05) is 0 Å².